The second kappa shape index (κ2) is 7.08. The molecule has 0 aliphatic heterocycles. The van der Waals surface area contributed by atoms with Gasteiger partial charge < -0.3 is 10.1 Å². The van der Waals surface area contributed by atoms with Crippen LogP contribution >= 0.6 is 0 Å². The van der Waals surface area contributed by atoms with Gasteiger partial charge >= 0.3 is 6.18 Å². The zero-order valence-electron chi connectivity index (χ0n) is 9.97. The van der Waals surface area contributed by atoms with E-state index in [0.717, 1.165) is 0 Å². The van der Waals surface area contributed by atoms with Crippen LogP contribution in [0.5, 0.6) is 0 Å². The standard InChI is InChI=1S/C12H13F4NO2/c13-10-3-1-9(2-4-10)7-11(18)17-5-6-19-8-12(14,15)16/h1-4H,5-8H2,(H,17,18). The lowest BCUT2D eigenvalue weighted by Crippen LogP contribution is -2.30. The molecule has 0 bridgehead atoms. The van der Waals surface area contributed by atoms with E-state index in [9.17, 15) is 22.4 Å². The van der Waals surface area contributed by atoms with E-state index < -0.39 is 18.6 Å². The van der Waals surface area contributed by atoms with Crippen LogP contribution in [0.3, 0.4) is 0 Å². The number of hydrogen-bond donors (Lipinski definition) is 1. The summed E-state index contributed by atoms with van der Waals surface area (Å²) < 4.78 is 52.1. The number of halogens is 4. The van der Waals surface area contributed by atoms with Crippen molar-refractivity contribution in [1.82, 2.24) is 5.32 Å². The molecule has 0 heterocycles. The Labute approximate surface area is 107 Å². The third-order valence-electron chi connectivity index (χ3n) is 2.11. The maximum absolute atomic E-state index is 12.6. The van der Waals surface area contributed by atoms with Gasteiger partial charge in [0.15, 0.2) is 0 Å². The minimum absolute atomic E-state index is 0.00386. The Morgan fingerprint density at radius 2 is 1.84 bits per heavy atom. The Kier molecular flexibility index (Phi) is 5.75. The molecular formula is C12H13F4NO2. The van der Waals surface area contributed by atoms with Gasteiger partial charge in [-0.25, -0.2) is 4.39 Å². The first kappa shape index (κ1) is 15.4. The van der Waals surface area contributed by atoms with Gasteiger partial charge in [0, 0.05) is 6.54 Å². The molecule has 19 heavy (non-hydrogen) atoms. The Hall–Kier alpha value is -1.63. The van der Waals surface area contributed by atoms with Gasteiger partial charge in [-0.3, -0.25) is 4.79 Å². The zero-order chi connectivity index (χ0) is 14.3. The summed E-state index contributed by atoms with van der Waals surface area (Å²) in [6.07, 6.45) is -4.32. The maximum Gasteiger partial charge on any atom is 0.411 e. The molecule has 0 unspecified atom stereocenters. The van der Waals surface area contributed by atoms with Gasteiger partial charge in [0.25, 0.3) is 0 Å². The second-order valence-electron chi connectivity index (χ2n) is 3.82. The Morgan fingerprint density at radius 3 is 2.42 bits per heavy atom. The van der Waals surface area contributed by atoms with Gasteiger partial charge in [-0.05, 0) is 17.7 Å². The van der Waals surface area contributed by atoms with Gasteiger partial charge in [0.05, 0.1) is 13.0 Å². The van der Waals surface area contributed by atoms with Crippen molar-refractivity contribution >= 4 is 5.91 Å². The molecule has 1 aromatic rings. The molecule has 1 N–H and O–H groups in total. The van der Waals surface area contributed by atoms with Crippen LogP contribution in [0.4, 0.5) is 17.6 Å². The van der Waals surface area contributed by atoms with Crippen molar-refractivity contribution in [3.05, 3.63) is 35.6 Å². The van der Waals surface area contributed by atoms with Gasteiger partial charge in [-0.2, -0.15) is 13.2 Å². The quantitative estimate of drug-likeness (QED) is 0.639. The van der Waals surface area contributed by atoms with E-state index in [1.807, 2.05) is 0 Å². The number of carbonyl (C=O) groups is 1. The predicted octanol–water partition coefficient (Wildman–Crippen LogP) is 2.06. The summed E-state index contributed by atoms with van der Waals surface area (Å²) in [5.74, 6) is -0.757. The number of ether oxygens (including phenoxy) is 1. The van der Waals surface area contributed by atoms with E-state index in [2.05, 4.69) is 10.1 Å². The first-order valence-electron chi connectivity index (χ1n) is 5.52. The van der Waals surface area contributed by atoms with Crippen molar-refractivity contribution in [3.8, 4) is 0 Å². The van der Waals surface area contributed by atoms with E-state index in [4.69, 9.17) is 0 Å². The average molecular weight is 279 g/mol. The molecule has 0 atom stereocenters. The van der Waals surface area contributed by atoms with Crippen LogP contribution < -0.4 is 5.32 Å². The summed E-state index contributed by atoms with van der Waals surface area (Å²) in [6.45, 7) is -1.55. The lowest BCUT2D eigenvalue weighted by atomic mass is 10.1. The topological polar surface area (TPSA) is 38.3 Å². The normalized spacial score (nSPS) is 11.4. The number of alkyl halides is 3. The van der Waals surface area contributed by atoms with Crippen molar-refractivity contribution in [3.63, 3.8) is 0 Å². The fraction of sp³-hybridized carbons (Fsp3) is 0.417. The molecule has 0 saturated carbocycles. The van der Waals surface area contributed by atoms with Crippen molar-refractivity contribution in [1.29, 1.82) is 0 Å². The molecule has 0 fully saturated rings. The highest BCUT2D eigenvalue weighted by Crippen LogP contribution is 2.13. The molecule has 106 valence electrons. The molecule has 1 rings (SSSR count). The van der Waals surface area contributed by atoms with E-state index in [0.29, 0.717) is 5.56 Å². The van der Waals surface area contributed by atoms with Gasteiger partial charge in [-0.15, -0.1) is 0 Å². The number of hydrogen-bond acceptors (Lipinski definition) is 2. The Morgan fingerprint density at radius 1 is 1.21 bits per heavy atom. The number of amides is 1. The summed E-state index contributed by atoms with van der Waals surface area (Å²) in [5.41, 5.74) is 0.620. The third kappa shape index (κ3) is 7.40. The highest BCUT2D eigenvalue weighted by Gasteiger charge is 2.27. The molecule has 3 nitrogen and oxygen atoms in total. The van der Waals surface area contributed by atoms with Crippen LogP contribution in [-0.4, -0.2) is 31.8 Å². The Bertz CT molecular complexity index is 403. The first-order valence-corrected chi connectivity index (χ1v) is 5.52. The minimum Gasteiger partial charge on any atom is -0.370 e. The molecular weight excluding hydrogens is 266 g/mol. The summed E-state index contributed by atoms with van der Waals surface area (Å²) in [6, 6.07) is 5.40. The highest BCUT2D eigenvalue weighted by atomic mass is 19.4. The summed E-state index contributed by atoms with van der Waals surface area (Å²) >= 11 is 0. The molecule has 1 amide bonds. The molecule has 0 aromatic heterocycles. The third-order valence-corrected chi connectivity index (χ3v) is 2.11. The number of carbonyl (C=O) groups excluding carboxylic acids is 1. The molecule has 0 aliphatic carbocycles. The van der Waals surface area contributed by atoms with E-state index in [-0.39, 0.29) is 25.5 Å². The Balaban J connectivity index is 2.16. The van der Waals surface area contributed by atoms with Crippen LogP contribution in [0.15, 0.2) is 24.3 Å². The van der Waals surface area contributed by atoms with Gasteiger partial charge in [0.2, 0.25) is 5.91 Å². The molecule has 7 heteroatoms. The SMILES string of the molecule is O=C(Cc1ccc(F)cc1)NCCOCC(F)(F)F. The summed E-state index contributed by atoms with van der Waals surface area (Å²) in [7, 11) is 0. The highest BCUT2D eigenvalue weighted by molar-refractivity contribution is 5.78. The second-order valence-corrected chi connectivity index (χ2v) is 3.82. The van der Waals surface area contributed by atoms with E-state index >= 15 is 0 Å². The van der Waals surface area contributed by atoms with Gasteiger partial charge in [-0.1, -0.05) is 12.1 Å². The fourth-order valence-corrected chi connectivity index (χ4v) is 1.30. The van der Waals surface area contributed by atoms with E-state index in [1.54, 1.807) is 0 Å². The largest absolute Gasteiger partial charge is 0.411 e. The van der Waals surface area contributed by atoms with Crippen molar-refractivity contribution in [2.24, 2.45) is 0 Å². The van der Waals surface area contributed by atoms with Crippen LogP contribution in [0.25, 0.3) is 0 Å². The smallest absolute Gasteiger partial charge is 0.370 e. The number of benzene rings is 1. The minimum atomic E-state index is -4.36. The molecule has 0 saturated heterocycles. The fourth-order valence-electron chi connectivity index (χ4n) is 1.30. The summed E-state index contributed by atoms with van der Waals surface area (Å²) in [4.78, 5) is 11.4. The lowest BCUT2D eigenvalue weighted by Gasteiger charge is -2.08. The molecule has 1 aromatic carbocycles. The van der Waals surface area contributed by atoms with E-state index in [1.165, 1.54) is 24.3 Å². The number of nitrogens with one attached hydrogen (secondary N) is 1. The van der Waals surface area contributed by atoms with Crippen molar-refractivity contribution in [2.45, 2.75) is 12.6 Å². The maximum atomic E-state index is 12.6. The van der Waals surface area contributed by atoms with Crippen LogP contribution in [0.2, 0.25) is 0 Å². The summed E-state index contributed by atoms with van der Waals surface area (Å²) in [5, 5.41) is 2.41. The van der Waals surface area contributed by atoms with Crippen LogP contribution in [0, 0.1) is 5.82 Å². The molecule has 0 aliphatic rings. The monoisotopic (exact) mass is 279 g/mol. The van der Waals surface area contributed by atoms with Crippen molar-refractivity contribution in [2.75, 3.05) is 19.8 Å². The van der Waals surface area contributed by atoms with Gasteiger partial charge in [0.1, 0.15) is 12.4 Å². The van der Waals surface area contributed by atoms with Crippen molar-refractivity contribution < 1.29 is 27.1 Å². The molecule has 0 spiro atoms. The first-order chi connectivity index (χ1) is 8.87. The zero-order valence-corrected chi connectivity index (χ0v) is 9.97. The number of rotatable bonds is 6. The van der Waals surface area contributed by atoms with Crippen LogP contribution in [-0.2, 0) is 16.0 Å². The predicted molar refractivity (Wildman–Crippen MR) is 60.0 cm³/mol. The average Bonchev–Trinajstić information content (AvgIpc) is 2.30. The molecule has 0 radical (unpaired) electrons. The van der Waals surface area contributed by atoms with Crippen LogP contribution in [0.1, 0.15) is 5.56 Å². The lowest BCUT2D eigenvalue weighted by molar-refractivity contribution is -0.173.